The Morgan fingerprint density at radius 1 is 0.500 bits per heavy atom. The van der Waals surface area contributed by atoms with Crippen LogP contribution in [-0.4, -0.2) is 0 Å². The summed E-state index contributed by atoms with van der Waals surface area (Å²) in [4.78, 5) is 0. The molecule has 0 aromatic heterocycles. The quantitative estimate of drug-likeness (QED) is 0.571. The van der Waals surface area contributed by atoms with Crippen LogP contribution in [0.4, 0.5) is 0 Å². The molecule has 0 atom stereocenters. The smallest absolute Gasteiger partial charge is 0.000743 e. The third-order valence-corrected chi connectivity index (χ3v) is 5.84. The summed E-state index contributed by atoms with van der Waals surface area (Å²) in [6.07, 6.45) is 1.10. The topological polar surface area (TPSA) is 0 Å². The second kappa shape index (κ2) is 9.64. The van der Waals surface area contributed by atoms with Crippen molar-refractivity contribution in [2.45, 2.75) is 6.16 Å². The number of halogens is 2. The molecule has 0 N–H and O–H groups in total. The Bertz CT molecular complexity index is 603. The van der Waals surface area contributed by atoms with Gasteiger partial charge in [0.25, 0.3) is 0 Å². The van der Waals surface area contributed by atoms with Crippen LogP contribution in [0, 0.1) is 0 Å². The van der Waals surface area contributed by atoms with E-state index in [0.717, 1.165) is 6.16 Å². The average Bonchev–Trinajstić information content (AvgIpc) is 2.55. The Morgan fingerprint density at radius 2 is 0.864 bits per heavy atom. The fraction of sp³-hybridized carbons (Fsp3) is 0.0526. The first-order chi connectivity index (χ1) is 9.93. The molecule has 0 amide bonds. The van der Waals surface area contributed by atoms with Crippen LogP contribution in [0.1, 0.15) is 5.56 Å². The normalized spacial score (nSPS) is 9.68. The van der Waals surface area contributed by atoms with Crippen LogP contribution in [0.25, 0.3) is 0 Å². The molecule has 22 heavy (non-hydrogen) atoms. The number of benzene rings is 3. The van der Waals surface area contributed by atoms with Crippen molar-refractivity contribution in [2.24, 2.45) is 0 Å². The first-order valence-electron chi connectivity index (χ1n) is 6.85. The minimum absolute atomic E-state index is 0. The molecule has 0 bridgehead atoms. The number of rotatable bonds is 4. The van der Waals surface area contributed by atoms with E-state index in [-0.39, 0.29) is 32.7 Å². The molecule has 114 valence electrons. The largest absolute Gasteiger partial charge is 0.147 e. The van der Waals surface area contributed by atoms with E-state index in [1.54, 1.807) is 0 Å². The Labute approximate surface area is 146 Å². The zero-order valence-corrected chi connectivity index (χ0v) is 14.7. The fourth-order valence-electron chi connectivity index (χ4n) is 2.31. The molecule has 0 fully saturated rings. The van der Waals surface area contributed by atoms with E-state index < -0.39 is 0 Å². The maximum Gasteiger partial charge on any atom is 0.000743 e. The van der Waals surface area contributed by atoms with E-state index in [9.17, 15) is 0 Å². The van der Waals surface area contributed by atoms with E-state index in [0.29, 0.717) is 0 Å². The molecule has 0 nitrogen and oxygen atoms in total. The monoisotopic (exact) mass is 348 g/mol. The molecule has 0 saturated heterocycles. The van der Waals surface area contributed by atoms with Gasteiger partial charge in [0.05, 0.1) is 0 Å². The zero-order valence-electron chi connectivity index (χ0n) is 12.1. The van der Waals surface area contributed by atoms with Gasteiger partial charge in [0.15, 0.2) is 0 Å². The highest BCUT2D eigenvalue weighted by Crippen LogP contribution is 2.37. The van der Waals surface area contributed by atoms with Gasteiger partial charge in [-0.25, -0.2) is 0 Å². The highest BCUT2D eigenvalue weighted by molar-refractivity contribution is 7.72. The molecular formula is C19H19Cl2P. The fourth-order valence-corrected chi connectivity index (χ4v) is 4.62. The van der Waals surface area contributed by atoms with Gasteiger partial charge in [0.1, 0.15) is 0 Å². The molecule has 3 heteroatoms. The van der Waals surface area contributed by atoms with Gasteiger partial charge in [-0.2, -0.15) is 0 Å². The van der Waals surface area contributed by atoms with Crippen molar-refractivity contribution in [3.8, 4) is 0 Å². The molecule has 0 heterocycles. The van der Waals surface area contributed by atoms with E-state index in [2.05, 4.69) is 91.0 Å². The van der Waals surface area contributed by atoms with Gasteiger partial charge in [-0.3, -0.25) is 0 Å². The molecule has 0 spiro atoms. The Balaban J connectivity index is 0.00000121. The minimum atomic E-state index is -0.327. The molecule has 0 radical (unpaired) electrons. The molecule has 0 aliphatic rings. The van der Waals surface area contributed by atoms with Gasteiger partial charge in [-0.05, 0) is 24.1 Å². The second-order valence-electron chi connectivity index (χ2n) is 4.74. The van der Waals surface area contributed by atoms with Crippen LogP contribution in [0.2, 0.25) is 0 Å². The molecule has 0 aliphatic carbocycles. The molecule has 3 aromatic rings. The average molecular weight is 349 g/mol. The van der Waals surface area contributed by atoms with E-state index in [1.165, 1.54) is 16.2 Å². The summed E-state index contributed by atoms with van der Waals surface area (Å²) in [6.45, 7) is 0. The van der Waals surface area contributed by atoms with E-state index >= 15 is 0 Å². The summed E-state index contributed by atoms with van der Waals surface area (Å²) >= 11 is 0. The zero-order chi connectivity index (χ0) is 13.6. The lowest BCUT2D eigenvalue weighted by Gasteiger charge is -2.18. The number of hydrogen-bond donors (Lipinski definition) is 0. The van der Waals surface area contributed by atoms with Gasteiger partial charge in [-0.1, -0.05) is 91.0 Å². The first kappa shape index (κ1) is 18.7. The summed E-state index contributed by atoms with van der Waals surface area (Å²) in [5, 5.41) is 2.88. The standard InChI is InChI=1S/C19H17P.2ClH/c1-4-10-17(11-5-1)16-20(18-12-6-2-7-13-18)19-14-8-3-9-15-19;;/h1-15H,16H2;2*1H. The lowest BCUT2D eigenvalue weighted by Crippen LogP contribution is -2.12. The van der Waals surface area contributed by atoms with Crippen LogP contribution in [0.5, 0.6) is 0 Å². The SMILES string of the molecule is Cl.Cl.c1ccc(CP(c2ccccc2)c2ccccc2)cc1. The summed E-state index contributed by atoms with van der Waals surface area (Å²) in [5.74, 6) is 0. The molecule has 3 rings (SSSR count). The first-order valence-corrected chi connectivity index (χ1v) is 8.38. The predicted octanol–water partition coefficient (Wildman–Crippen LogP) is 5.16. The van der Waals surface area contributed by atoms with Gasteiger partial charge in [0, 0.05) is 6.16 Å². The van der Waals surface area contributed by atoms with Crippen LogP contribution < -0.4 is 10.6 Å². The van der Waals surface area contributed by atoms with Crippen molar-refractivity contribution in [3.05, 3.63) is 96.6 Å². The van der Waals surface area contributed by atoms with Gasteiger partial charge in [-0.15, -0.1) is 24.8 Å². The third-order valence-electron chi connectivity index (χ3n) is 3.32. The molecule has 0 aliphatic heterocycles. The molecule has 0 saturated carbocycles. The minimum Gasteiger partial charge on any atom is -0.147 e. The van der Waals surface area contributed by atoms with Crippen LogP contribution in [0.15, 0.2) is 91.0 Å². The van der Waals surface area contributed by atoms with Gasteiger partial charge >= 0.3 is 0 Å². The Morgan fingerprint density at radius 3 is 1.27 bits per heavy atom. The van der Waals surface area contributed by atoms with Crippen LogP contribution in [-0.2, 0) is 6.16 Å². The predicted molar refractivity (Wildman–Crippen MR) is 104 cm³/mol. The lowest BCUT2D eigenvalue weighted by molar-refractivity contribution is 1.40. The van der Waals surface area contributed by atoms with E-state index in [1.807, 2.05) is 0 Å². The van der Waals surface area contributed by atoms with Crippen molar-refractivity contribution >= 4 is 43.3 Å². The lowest BCUT2D eigenvalue weighted by atomic mass is 10.2. The second-order valence-corrected chi connectivity index (χ2v) is 6.95. The third kappa shape index (κ3) is 4.85. The van der Waals surface area contributed by atoms with Crippen molar-refractivity contribution in [3.63, 3.8) is 0 Å². The van der Waals surface area contributed by atoms with Crippen LogP contribution in [0.3, 0.4) is 0 Å². The maximum absolute atomic E-state index is 2.25. The Kier molecular flexibility index (Phi) is 8.20. The Hall–Kier alpha value is -1.33. The van der Waals surface area contributed by atoms with Crippen molar-refractivity contribution in [1.82, 2.24) is 0 Å². The molecule has 0 unspecified atom stereocenters. The number of hydrogen-bond acceptors (Lipinski definition) is 0. The summed E-state index contributed by atoms with van der Waals surface area (Å²) < 4.78 is 0. The van der Waals surface area contributed by atoms with Crippen LogP contribution >= 0.6 is 32.7 Å². The van der Waals surface area contributed by atoms with Gasteiger partial charge < -0.3 is 0 Å². The van der Waals surface area contributed by atoms with E-state index in [4.69, 9.17) is 0 Å². The van der Waals surface area contributed by atoms with Crippen molar-refractivity contribution in [1.29, 1.82) is 0 Å². The highest BCUT2D eigenvalue weighted by Gasteiger charge is 2.13. The van der Waals surface area contributed by atoms with Crippen molar-refractivity contribution in [2.75, 3.05) is 0 Å². The summed E-state index contributed by atoms with van der Waals surface area (Å²) in [6, 6.07) is 32.5. The van der Waals surface area contributed by atoms with Gasteiger partial charge in [0.2, 0.25) is 0 Å². The summed E-state index contributed by atoms with van der Waals surface area (Å²) in [5.41, 5.74) is 1.41. The summed E-state index contributed by atoms with van der Waals surface area (Å²) in [7, 11) is -0.327. The molecular weight excluding hydrogens is 330 g/mol. The maximum atomic E-state index is 2.25. The molecule has 3 aromatic carbocycles. The highest BCUT2D eigenvalue weighted by atomic mass is 35.5. The van der Waals surface area contributed by atoms with Crippen molar-refractivity contribution < 1.29 is 0 Å².